The molecule has 5 nitrogen and oxygen atoms in total. The summed E-state index contributed by atoms with van der Waals surface area (Å²) < 4.78 is 0.170. The van der Waals surface area contributed by atoms with Crippen LogP contribution in [0.1, 0.15) is 26.2 Å². The van der Waals surface area contributed by atoms with Gasteiger partial charge in [-0.3, -0.25) is 4.79 Å². The van der Waals surface area contributed by atoms with Gasteiger partial charge in [0.2, 0.25) is 0 Å². The average molecular weight is 246 g/mol. The lowest BCUT2D eigenvalue weighted by molar-refractivity contribution is -0.138. The zero-order valence-electron chi connectivity index (χ0n) is 9.58. The molecule has 0 spiro atoms. The van der Waals surface area contributed by atoms with E-state index in [2.05, 4.69) is 10.6 Å². The molecule has 0 radical (unpaired) electrons. The standard InChI is InChI=1S/C10H18N2O3S/c1-7(8(13)14)12-9(15)11-6-10(16-2)4-3-5-10/h7H,3-6H2,1-2H3,(H,13,14)(H2,11,12,15)/t7-/m0/s1. The molecule has 0 unspecified atom stereocenters. The van der Waals surface area contributed by atoms with Crippen molar-refractivity contribution < 1.29 is 14.7 Å². The van der Waals surface area contributed by atoms with Gasteiger partial charge in [-0.25, -0.2) is 4.79 Å². The van der Waals surface area contributed by atoms with Gasteiger partial charge < -0.3 is 15.7 Å². The van der Waals surface area contributed by atoms with Gasteiger partial charge in [0.1, 0.15) is 6.04 Å². The summed E-state index contributed by atoms with van der Waals surface area (Å²) in [6, 6.07) is -1.26. The number of hydrogen-bond acceptors (Lipinski definition) is 3. The quantitative estimate of drug-likeness (QED) is 0.677. The third-order valence-corrected chi connectivity index (χ3v) is 4.41. The summed E-state index contributed by atoms with van der Waals surface area (Å²) >= 11 is 1.77. The third-order valence-electron chi connectivity index (χ3n) is 2.99. The Morgan fingerprint density at radius 3 is 2.50 bits per heavy atom. The molecular formula is C10H18N2O3S. The second kappa shape index (κ2) is 5.43. The Labute approximate surface area is 99.4 Å². The number of carbonyl (C=O) groups excluding carboxylic acids is 1. The van der Waals surface area contributed by atoms with E-state index >= 15 is 0 Å². The van der Waals surface area contributed by atoms with Crippen LogP contribution in [0.3, 0.4) is 0 Å². The summed E-state index contributed by atoms with van der Waals surface area (Å²) in [5, 5.41) is 13.7. The van der Waals surface area contributed by atoms with Crippen molar-refractivity contribution in [2.75, 3.05) is 12.8 Å². The number of rotatable bonds is 5. The van der Waals surface area contributed by atoms with Crippen LogP contribution < -0.4 is 10.6 Å². The van der Waals surface area contributed by atoms with Gasteiger partial charge in [0.25, 0.3) is 0 Å². The van der Waals surface area contributed by atoms with Crippen LogP contribution in [0.4, 0.5) is 4.79 Å². The fraction of sp³-hybridized carbons (Fsp3) is 0.800. The predicted octanol–water partition coefficient (Wildman–Crippen LogP) is 1.04. The maximum atomic E-state index is 11.4. The van der Waals surface area contributed by atoms with E-state index in [4.69, 9.17) is 5.11 Å². The molecule has 1 aliphatic carbocycles. The molecule has 0 heterocycles. The van der Waals surface area contributed by atoms with Crippen molar-refractivity contribution >= 4 is 23.8 Å². The molecular weight excluding hydrogens is 228 g/mol. The summed E-state index contributed by atoms with van der Waals surface area (Å²) in [5.74, 6) is -1.03. The molecule has 6 heteroatoms. The number of aliphatic carboxylic acids is 1. The molecule has 2 amide bonds. The molecule has 1 atom stereocenters. The smallest absolute Gasteiger partial charge is 0.325 e. The van der Waals surface area contributed by atoms with E-state index < -0.39 is 18.0 Å². The van der Waals surface area contributed by atoms with Crippen molar-refractivity contribution in [1.29, 1.82) is 0 Å². The predicted molar refractivity (Wildman–Crippen MR) is 63.7 cm³/mol. The topological polar surface area (TPSA) is 78.4 Å². The van der Waals surface area contributed by atoms with Gasteiger partial charge in [0.15, 0.2) is 0 Å². The van der Waals surface area contributed by atoms with Gasteiger partial charge in [-0.15, -0.1) is 0 Å². The first kappa shape index (κ1) is 13.2. The highest BCUT2D eigenvalue weighted by Crippen LogP contribution is 2.42. The van der Waals surface area contributed by atoms with E-state index in [1.807, 2.05) is 6.26 Å². The summed E-state index contributed by atoms with van der Waals surface area (Å²) in [5.41, 5.74) is 0. The number of amides is 2. The first-order valence-corrected chi connectivity index (χ1v) is 6.54. The second-order valence-electron chi connectivity index (χ2n) is 4.13. The highest BCUT2D eigenvalue weighted by Gasteiger charge is 2.36. The number of carbonyl (C=O) groups is 2. The Balaban J connectivity index is 2.27. The molecule has 16 heavy (non-hydrogen) atoms. The lowest BCUT2D eigenvalue weighted by atomic mass is 9.84. The Morgan fingerprint density at radius 2 is 2.12 bits per heavy atom. The van der Waals surface area contributed by atoms with Crippen molar-refractivity contribution in [3.8, 4) is 0 Å². The highest BCUT2D eigenvalue weighted by molar-refractivity contribution is 8.00. The molecule has 1 rings (SSSR count). The summed E-state index contributed by atoms with van der Waals surface area (Å²) in [6.07, 6.45) is 5.47. The van der Waals surface area contributed by atoms with Crippen LogP contribution in [0, 0.1) is 0 Å². The summed E-state index contributed by atoms with van der Waals surface area (Å²) in [6.45, 7) is 2.04. The Kier molecular flexibility index (Phi) is 4.46. The molecule has 1 saturated carbocycles. The molecule has 92 valence electrons. The van der Waals surface area contributed by atoms with E-state index in [1.165, 1.54) is 13.3 Å². The van der Waals surface area contributed by atoms with E-state index in [1.54, 1.807) is 11.8 Å². The van der Waals surface area contributed by atoms with Crippen LogP contribution in [0.2, 0.25) is 0 Å². The zero-order chi connectivity index (χ0) is 12.2. The number of hydrogen-bond donors (Lipinski definition) is 3. The van der Waals surface area contributed by atoms with Crippen LogP contribution in [-0.4, -0.2) is 40.7 Å². The van der Waals surface area contributed by atoms with Gasteiger partial charge >= 0.3 is 12.0 Å². The van der Waals surface area contributed by atoms with Crippen LogP contribution in [0.25, 0.3) is 0 Å². The molecule has 1 aliphatic rings. The molecule has 0 aromatic carbocycles. The minimum Gasteiger partial charge on any atom is -0.480 e. The zero-order valence-corrected chi connectivity index (χ0v) is 10.4. The Morgan fingerprint density at radius 1 is 1.50 bits per heavy atom. The minimum absolute atomic E-state index is 0.170. The molecule has 0 aromatic rings. The molecule has 0 saturated heterocycles. The minimum atomic E-state index is -1.03. The lowest BCUT2D eigenvalue weighted by Gasteiger charge is -2.40. The maximum Gasteiger partial charge on any atom is 0.325 e. The van der Waals surface area contributed by atoms with Crippen molar-refractivity contribution in [3.63, 3.8) is 0 Å². The third kappa shape index (κ3) is 3.30. The van der Waals surface area contributed by atoms with Gasteiger partial charge in [0, 0.05) is 11.3 Å². The van der Waals surface area contributed by atoms with Crippen molar-refractivity contribution in [1.82, 2.24) is 10.6 Å². The van der Waals surface area contributed by atoms with Crippen LogP contribution in [0.5, 0.6) is 0 Å². The number of carboxylic acid groups (broad SMARTS) is 1. The van der Waals surface area contributed by atoms with Crippen LogP contribution >= 0.6 is 11.8 Å². The number of urea groups is 1. The Bertz CT molecular complexity index is 274. The second-order valence-corrected chi connectivity index (χ2v) is 5.40. The van der Waals surface area contributed by atoms with Crippen molar-refractivity contribution in [2.24, 2.45) is 0 Å². The normalized spacial score (nSPS) is 19.4. The largest absolute Gasteiger partial charge is 0.480 e. The molecule has 0 aliphatic heterocycles. The number of carboxylic acids is 1. The SMILES string of the molecule is CSC1(CNC(=O)N[C@@H](C)C(=O)O)CCC1. The van der Waals surface area contributed by atoms with E-state index in [0.29, 0.717) is 6.54 Å². The van der Waals surface area contributed by atoms with Crippen molar-refractivity contribution in [3.05, 3.63) is 0 Å². The van der Waals surface area contributed by atoms with Gasteiger partial charge in [-0.2, -0.15) is 11.8 Å². The Hall–Kier alpha value is -0.910. The molecule has 1 fully saturated rings. The number of thioether (sulfide) groups is 1. The molecule has 0 bridgehead atoms. The van der Waals surface area contributed by atoms with E-state index in [9.17, 15) is 9.59 Å². The first-order chi connectivity index (χ1) is 7.49. The monoisotopic (exact) mass is 246 g/mol. The van der Waals surface area contributed by atoms with Gasteiger partial charge in [-0.05, 0) is 26.0 Å². The van der Waals surface area contributed by atoms with E-state index in [-0.39, 0.29) is 4.75 Å². The fourth-order valence-electron chi connectivity index (χ4n) is 1.57. The lowest BCUT2D eigenvalue weighted by Crippen LogP contribution is -2.50. The van der Waals surface area contributed by atoms with Gasteiger partial charge in [0.05, 0.1) is 0 Å². The highest BCUT2D eigenvalue weighted by atomic mass is 32.2. The maximum absolute atomic E-state index is 11.4. The van der Waals surface area contributed by atoms with E-state index in [0.717, 1.165) is 12.8 Å². The molecule has 0 aromatic heterocycles. The first-order valence-electron chi connectivity index (χ1n) is 5.31. The van der Waals surface area contributed by atoms with Crippen LogP contribution in [0.15, 0.2) is 0 Å². The van der Waals surface area contributed by atoms with Crippen molar-refractivity contribution in [2.45, 2.75) is 37.0 Å². The average Bonchev–Trinajstić information content (AvgIpc) is 2.16. The molecule has 3 N–H and O–H groups in total. The summed E-state index contributed by atoms with van der Waals surface area (Å²) in [7, 11) is 0. The van der Waals surface area contributed by atoms with Crippen LogP contribution in [-0.2, 0) is 4.79 Å². The number of nitrogens with one attached hydrogen (secondary N) is 2. The fourth-order valence-corrected chi connectivity index (χ4v) is 2.49. The summed E-state index contributed by atoms with van der Waals surface area (Å²) in [4.78, 5) is 21.9. The van der Waals surface area contributed by atoms with Gasteiger partial charge in [-0.1, -0.05) is 6.42 Å².